The molecule has 0 aliphatic carbocycles. The monoisotopic (exact) mass is 342 g/mol. The molecule has 0 aliphatic rings. The van der Waals surface area contributed by atoms with E-state index >= 15 is 0 Å². The van der Waals surface area contributed by atoms with E-state index in [9.17, 15) is 14.3 Å². The van der Waals surface area contributed by atoms with Gasteiger partial charge in [0.25, 0.3) is 0 Å². The Bertz CT molecular complexity index is 683. The summed E-state index contributed by atoms with van der Waals surface area (Å²) in [6, 6.07) is 18.5. The normalized spacial score (nSPS) is 14.0. The summed E-state index contributed by atoms with van der Waals surface area (Å²) in [4.78, 5) is 12.1. The van der Waals surface area contributed by atoms with Crippen LogP contribution in [0, 0.1) is 5.92 Å². The number of aliphatic hydroxyl groups is 1. The van der Waals surface area contributed by atoms with Crippen LogP contribution in [-0.4, -0.2) is 23.8 Å². The Kier molecular flexibility index (Phi) is 7.36. The number of halogens is 1. The van der Waals surface area contributed by atoms with Crippen LogP contribution in [0.5, 0.6) is 0 Å². The number of hydrogen-bond acceptors (Lipinski definition) is 3. The molecule has 0 amide bonds. The molecule has 1 N–H and O–H groups in total. The topological polar surface area (TPSA) is 46.5 Å². The lowest BCUT2D eigenvalue weighted by Gasteiger charge is -2.14. The Labute approximate surface area is 147 Å². The van der Waals surface area contributed by atoms with Crippen LogP contribution in [0.4, 0.5) is 4.39 Å². The molecule has 0 bridgehead atoms. The Morgan fingerprint density at radius 2 is 1.56 bits per heavy atom. The summed E-state index contributed by atoms with van der Waals surface area (Å²) < 4.78 is 19.5. The summed E-state index contributed by atoms with van der Waals surface area (Å²) in [7, 11) is 0. The molecule has 2 rings (SSSR count). The van der Waals surface area contributed by atoms with E-state index in [-0.39, 0.29) is 13.0 Å². The lowest BCUT2D eigenvalue weighted by Crippen LogP contribution is -2.20. The van der Waals surface area contributed by atoms with E-state index in [0.717, 1.165) is 11.1 Å². The molecule has 2 aromatic rings. The van der Waals surface area contributed by atoms with Gasteiger partial charge in [0.15, 0.2) is 0 Å². The second-order valence-electron chi connectivity index (χ2n) is 5.81. The molecular weight excluding hydrogens is 319 g/mol. The van der Waals surface area contributed by atoms with Gasteiger partial charge in [0.1, 0.15) is 11.9 Å². The zero-order chi connectivity index (χ0) is 18.1. The first-order chi connectivity index (χ1) is 12.1. The van der Waals surface area contributed by atoms with Crippen LogP contribution in [0.25, 0.3) is 0 Å². The number of ether oxygens (including phenoxy) is 1. The Balaban J connectivity index is 2.12. The minimum Gasteiger partial charge on any atom is -0.466 e. The first kappa shape index (κ1) is 18.9. The van der Waals surface area contributed by atoms with E-state index in [4.69, 9.17) is 4.74 Å². The Morgan fingerprint density at radius 1 is 1.04 bits per heavy atom. The van der Waals surface area contributed by atoms with Crippen molar-refractivity contribution >= 4 is 5.97 Å². The number of carbonyl (C=O) groups excluding carboxylic acids is 1. The molecule has 0 aliphatic heterocycles. The van der Waals surface area contributed by atoms with Crippen molar-refractivity contribution in [3.05, 3.63) is 83.7 Å². The highest BCUT2D eigenvalue weighted by Gasteiger charge is 2.21. The van der Waals surface area contributed by atoms with Crippen molar-refractivity contribution in [1.29, 1.82) is 0 Å². The third-order valence-corrected chi connectivity index (χ3v) is 3.84. The fourth-order valence-electron chi connectivity index (χ4n) is 2.57. The maximum Gasteiger partial charge on any atom is 0.313 e. The minimum atomic E-state index is -1.28. The van der Waals surface area contributed by atoms with Gasteiger partial charge in [0.05, 0.1) is 12.5 Å². The van der Waals surface area contributed by atoms with Gasteiger partial charge in [-0.1, -0.05) is 60.7 Å². The second kappa shape index (κ2) is 9.74. The highest BCUT2D eigenvalue weighted by Crippen LogP contribution is 2.18. The molecular formula is C21H23FO3. The molecule has 0 aromatic heterocycles. The number of rotatable bonds is 8. The average molecular weight is 342 g/mol. The summed E-state index contributed by atoms with van der Waals surface area (Å²) in [5, 5.41) is 10.1. The van der Waals surface area contributed by atoms with Crippen molar-refractivity contribution in [2.75, 3.05) is 6.61 Å². The van der Waals surface area contributed by atoms with Gasteiger partial charge in [-0.15, -0.1) is 0 Å². The lowest BCUT2D eigenvalue weighted by atomic mass is 9.97. The minimum absolute atomic E-state index is 0.157. The number of benzene rings is 2. The molecule has 0 spiro atoms. The molecule has 25 heavy (non-hydrogen) atoms. The fraction of sp³-hybridized carbons (Fsp3) is 0.286. The smallest absolute Gasteiger partial charge is 0.313 e. The van der Waals surface area contributed by atoms with Crippen LogP contribution < -0.4 is 0 Å². The predicted octanol–water partition coefficient (Wildman–Crippen LogP) is 3.87. The lowest BCUT2D eigenvalue weighted by molar-refractivity contribution is -0.146. The molecule has 2 aromatic carbocycles. The van der Waals surface area contributed by atoms with Gasteiger partial charge >= 0.3 is 5.97 Å². The standard InChI is InChI=1S/C21H23FO3/c1-2-25-21(24)18(13-16-9-5-3-6-10-16)15-19(22)20(23)14-17-11-7-4-8-12-17/h3-12,15,18,20,23H,2,13-14H2,1H3/b19-15-. The summed E-state index contributed by atoms with van der Waals surface area (Å²) in [6.45, 7) is 1.94. The van der Waals surface area contributed by atoms with Crippen LogP contribution in [0.3, 0.4) is 0 Å². The third-order valence-electron chi connectivity index (χ3n) is 3.84. The van der Waals surface area contributed by atoms with Gasteiger partial charge < -0.3 is 9.84 Å². The van der Waals surface area contributed by atoms with Gasteiger partial charge in [0, 0.05) is 6.42 Å². The molecule has 0 radical (unpaired) electrons. The molecule has 132 valence electrons. The molecule has 3 nitrogen and oxygen atoms in total. The molecule has 2 unspecified atom stereocenters. The highest BCUT2D eigenvalue weighted by atomic mass is 19.1. The van der Waals surface area contributed by atoms with Gasteiger partial charge in [0.2, 0.25) is 0 Å². The zero-order valence-corrected chi connectivity index (χ0v) is 14.3. The van der Waals surface area contributed by atoms with E-state index in [0.29, 0.717) is 6.42 Å². The van der Waals surface area contributed by atoms with E-state index < -0.39 is 23.8 Å². The van der Waals surface area contributed by atoms with Crippen LogP contribution >= 0.6 is 0 Å². The molecule has 0 saturated carbocycles. The van der Waals surface area contributed by atoms with Gasteiger partial charge in [-0.2, -0.15) is 0 Å². The summed E-state index contributed by atoms with van der Waals surface area (Å²) in [5.41, 5.74) is 1.73. The zero-order valence-electron chi connectivity index (χ0n) is 14.3. The first-order valence-electron chi connectivity index (χ1n) is 8.40. The van der Waals surface area contributed by atoms with Gasteiger partial charge in [-0.3, -0.25) is 4.79 Å². The van der Waals surface area contributed by atoms with Crippen molar-refractivity contribution in [2.45, 2.75) is 25.9 Å². The predicted molar refractivity (Wildman–Crippen MR) is 95.6 cm³/mol. The van der Waals surface area contributed by atoms with E-state index in [1.54, 1.807) is 6.92 Å². The summed E-state index contributed by atoms with van der Waals surface area (Å²) >= 11 is 0. The number of esters is 1. The van der Waals surface area contributed by atoms with Crippen LogP contribution in [-0.2, 0) is 22.4 Å². The maximum absolute atomic E-state index is 14.4. The van der Waals surface area contributed by atoms with Crippen molar-refractivity contribution in [3.63, 3.8) is 0 Å². The van der Waals surface area contributed by atoms with Crippen molar-refractivity contribution < 1.29 is 19.0 Å². The van der Waals surface area contributed by atoms with Crippen LogP contribution in [0.2, 0.25) is 0 Å². The summed E-state index contributed by atoms with van der Waals surface area (Å²) in [6.07, 6.45) is 0.378. The summed E-state index contributed by atoms with van der Waals surface area (Å²) in [5.74, 6) is -1.97. The van der Waals surface area contributed by atoms with E-state index in [1.807, 2.05) is 60.7 Å². The Hall–Kier alpha value is -2.46. The second-order valence-corrected chi connectivity index (χ2v) is 5.81. The average Bonchev–Trinajstić information content (AvgIpc) is 2.63. The molecule has 4 heteroatoms. The Morgan fingerprint density at radius 3 is 2.08 bits per heavy atom. The number of aliphatic hydroxyl groups excluding tert-OH is 1. The van der Waals surface area contributed by atoms with Crippen molar-refractivity contribution in [1.82, 2.24) is 0 Å². The van der Waals surface area contributed by atoms with E-state index in [2.05, 4.69) is 0 Å². The van der Waals surface area contributed by atoms with E-state index in [1.165, 1.54) is 6.08 Å². The number of carbonyl (C=O) groups is 1. The van der Waals surface area contributed by atoms with Gasteiger partial charge in [-0.25, -0.2) is 4.39 Å². The maximum atomic E-state index is 14.4. The molecule has 0 fully saturated rings. The quantitative estimate of drug-likeness (QED) is 0.741. The SMILES string of the molecule is CCOC(=O)C(/C=C(\F)C(O)Cc1ccccc1)Cc1ccccc1. The molecule has 2 atom stereocenters. The molecule has 0 heterocycles. The van der Waals surface area contributed by atoms with Crippen molar-refractivity contribution in [2.24, 2.45) is 5.92 Å². The van der Waals surface area contributed by atoms with Gasteiger partial charge in [-0.05, 0) is 30.5 Å². The first-order valence-corrected chi connectivity index (χ1v) is 8.40. The van der Waals surface area contributed by atoms with Crippen molar-refractivity contribution in [3.8, 4) is 0 Å². The largest absolute Gasteiger partial charge is 0.466 e. The third kappa shape index (κ3) is 6.16. The number of hydrogen-bond donors (Lipinski definition) is 1. The highest BCUT2D eigenvalue weighted by molar-refractivity contribution is 5.75. The van der Waals surface area contributed by atoms with Crippen LogP contribution in [0.15, 0.2) is 72.6 Å². The van der Waals surface area contributed by atoms with Crippen LogP contribution in [0.1, 0.15) is 18.1 Å². The molecule has 0 saturated heterocycles. The fourth-order valence-corrected chi connectivity index (χ4v) is 2.57.